The van der Waals surface area contributed by atoms with Gasteiger partial charge >= 0.3 is 0 Å². The lowest BCUT2D eigenvalue weighted by Crippen LogP contribution is -2.38. The Kier molecular flexibility index (Phi) is 2.00. The van der Waals surface area contributed by atoms with Crippen LogP contribution in [-0.4, -0.2) is 0 Å². The molecular weight excluding hydrogens is 151 g/mol. The molecule has 0 spiro atoms. The van der Waals surface area contributed by atoms with E-state index in [0.29, 0.717) is 0 Å². The van der Waals surface area contributed by atoms with E-state index in [1.807, 2.05) is 0 Å². The third-order valence-electron chi connectivity index (χ3n) is 4.00. The van der Waals surface area contributed by atoms with Crippen molar-refractivity contribution in [1.29, 1.82) is 0 Å². The highest BCUT2D eigenvalue weighted by atomic mass is 31.0. The maximum atomic E-state index is 1.60. The summed E-state index contributed by atoms with van der Waals surface area (Å²) in [6, 6.07) is 0. The number of hydrogen-bond acceptors (Lipinski definition) is 0. The van der Waals surface area contributed by atoms with Crippen molar-refractivity contribution in [3.8, 4) is 0 Å². The molecule has 1 unspecified atom stereocenters. The van der Waals surface area contributed by atoms with Crippen molar-refractivity contribution in [2.45, 2.75) is 38.5 Å². The van der Waals surface area contributed by atoms with Crippen LogP contribution in [0.2, 0.25) is 0 Å². The first-order valence-corrected chi connectivity index (χ1v) is 4.90. The standard InChI is InChI=1S/C10H16.H3P/c1-7-2-9-4-8(1)5-10(3-7)6-9;/h7-10H,1-6H2;1H3. The third-order valence-corrected chi connectivity index (χ3v) is 4.00. The zero-order valence-corrected chi connectivity index (χ0v) is 8.67. The summed E-state index contributed by atoms with van der Waals surface area (Å²) < 4.78 is 0. The normalized spacial score (nSPS) is 52.4. The average molecular weight is 170 g/mol. The van der Waals surface area contributed by atoms with Gasteiger partial charge in [0, 0.05) is 0 Å². The van der Waals surface area contributed by atoms with E-state index in [9.17, 15) is 0 Å². The van der Waals surface area contributed by atoms with E-state index in [2.05, 4.69) is 0 Å². The van der Waals surface area contributed by atoms with Crippen LogP contribution >= 0.6 is 9.90 Å². The Morgan fingerprint density at radius 1 is 0.455 bits per heavy atom. The fraction of sp³-hybridized carbons (Fsp3) is 1.00. The molecule has 4 bridgehead atoms. The van der Waals surface area contributed by atoms with Crippen molar-refractivity contribution in [1.82, 2.24) is 0 Å². The summed E-state index contributed by atoms with van der Waals surface area (Å²) in [5, 5.41) is 0. The van der Waals surface area contributed by atoms with Crippen LogP contribution < -0.4 is 0 Å². The van der Waals surface area contributed by atoms with Crippen LogP contribution in [0.5, 0.6) is 0 Å². The van der Waals surface area contributed by atoms with Gasteiger partial charge in [0.25, 0.3) is 0 Å². The molecule has 0 heterocycles. The molecular formula is C10H19P. The Hall–Kier alpha value is 0.430. The molecule has 0 aromatic rings. The van der Waals surface area contributed by atoms with E-state index < -0.39 is 0 Å². The average Bonchev–Trinajstić information content (AvgIpc) is 1.82. The summed E-state index contributed by atoms with van der Waals surface area (Å²) >= 11 is 0. The van der Waals surface area contributed by atoms with Gasteiger partial charge in [0.15, 0.2) is 0 Å². The predicted molar refractivity (Wildman–Crippen MR) is 52.8 cm³/mol. The molecule has 0 aliphatic heterocycles. The molecule has 1 atom stereocenters. The largest absolute Gasteiger partial charge is 0.153 e. The Morgan fingerprint density at radius 2 is 0.636 bits per heavy atom. The minimum Gasteiger partial charge on any atom is -0.153 e. The molecule has 4 aliphatic rings. The van der Waals surface area contributed by atoms with Crippen molar-refractivity contribution >= 4 is 9.90 Å². The summed E-state index contributed by atoms with van der Waals surface area (Å²) in [5.74, 6) is 4.71. The first-order chi connectivity index (χ1) is 4.90. The smallest absolute Gasteiger partial charge is 0.0406 e. The van der Waals surface area contributed by atoms with Gasteiger partial charge in [-0.25, -0.2) is 0 Å². The van der Waals surface area contributed by atoms with Gasteiger partial charge in [0.1, 0.15) is 0 Å². The first kappa shape index (κ1) is 8.05. The third kappa shape index (κ3) is 1.24. The quantitative estimate of drug-likeness (QED) is 0.490. The lowest BCUT2D eigenvalue weighted by Gasteiger charge is -2.49. The van der Waals surface area contributed by atoms with Crippen molar-refractivity contribution in [3.05, 3.63) is 0 Å². The summed E-state index contributed by atoms with van der Waals surface area (Å²) in [5.41, 5.74) is 0. The number of hydrogen-bond donors (Lipinski definition) is 0. The monoisotopic (exact) mass is 170 g/mol. The van der Waals surface area contributed by atoms with E-state index in [0.717, 1.165) is 0 Å². The molecule has 4 saturated carbocycles. The molecule has 0 amide bonds. The van der Waals surface area contributed by atoms with Crippen molar-refractivity contribution in [2.75, 3.05) is 0 Å². The minimum absolute atomic E-state index is 0. The maximum absolute atomic E-state index is 1.60. The second-order valence-electron chi connectivity index (χ2n) is 4.88. The Bertz CT molecular complexity index is 96.4. The zero-order valence-electron chi connectivity index (χ0n) is 7.26. The van der Waals surface area contributed by atoms with E-state index in [4.69, 9.17) is 0 Å². The van der Waals surface area contributed by atoms with E-state index in [1.165, 1.54) is 23.7 Å². The Labute approximate surface area is 72.8 Å². The van der Waals surface area contributed by atoms with Crippen LogP contribution in [0.4, 0.5) is 0 Å². The summed E-state index contributed by atoms with van der Waals surface area (Å²) in [6.45, 7) is 0. The Balaban J connectivity index is 0.000000480. The fourth-order valence-electron chi connectivity index (χ4n) is 3.98. The Morgan fingerprint density at radius 3 is 0.818 bits per heavy atom. The van der Waals surface area contributed by atoms with Gasteiger partial charge in [-0.05, 0) is 62.2 Å². The minimum atomic E-state index is 0. The molecule has 0 N–H and O–H groups in total. The van der Waals surface area contributed by atoms with Crippen molar-refractivity contribution in [3.63, 3.8) is 0 Å². The van der Waals surface area contributed by atoms with Gasteiger partial charge in [-0.1, -0.05) is 0 Å². The van der Waals surface area contributed by atoms with Crippen LogP contribution in [0.15, 0.2) is 0 Å². The van der Waals surface area contributed by atoms with Crippen molar-refractivity contribution < 1.29 is 0 Å². The fourth-order valence-corrected chi connectivity index (χ4v) is 3.98. The van der Waals surface area contributed by atoms with E-state index >= 15 is 0 Å². The predicted octanol–water partition coefficient (Wildman–Crippen LogP) is 2.89. The van der Waals surface area contributed by atoms with E-state index in [-0.39, 0.29) is 9.90 Å². The highest BCUT2D eigenvalue weighted by Gasteiger charge is 2.41. The lowest BCUT2D eigenvalue weighted by molar-refractivity contribution is 0.0198. The highest BCUT2D eigenvalue weighted by Crippen LogP contribution is 2.53. The molecule has 1 heteroatoms. The van der Waals surface area contributed by atoms with E-state index in [1.54, 1.807) is 38.5 Å². The lowest BCUT2D eigenvalue weighted by atomic mass is 9.56. The highest BCUT2D eigenvalue weighted by molar-refractivity contribution is 6.92. The SMILES string of the molecule is C1C2CC3CC1CC(C2)C3.P. The van der Waals surface area contributed by atoms with Crippen LogP contribution in [0.25, 0.3) is 0 Å². The maximum Gasteiger partial charge on any atom is -0.0406 e. The van der Waals surface area contributed by atoms with Crippen molar-refractivity contribution in [2.24, 2.45) is 23.7 Å². The summed E-state index contributed by atoms with van der Waals surface area (Å²) in [6.07, 6.45) is 9.62. The molecule has 4 fully saturated rings. The van der Waals surface area contributed by atoms with Gasteiger partial charge < -0.3 is 0 Å². The van der Waals surface area contributed by atoms with Crippen LogP contribution in [-0.2, 0) is 0 Å². The van der Waals surface area contributed by atoms with Gasteiger partial charge in [-0.3, -0.25) is 0 Å². The first-order valence-electron chi connectivity index (χ1n) is 4.90. The second kappa shape index (κ2) is 2.73. The second-order valence-corrected chi connectivity index (χ2v) is 4.88. The van der Waals surface area contributed by atoms with Crippen LogP contribution in [0.1, 0.15) is 38.5 Å². The van der Waals surface area contributed by atoms with Gasteiger partial charge in [-0.15, -0.1) is 0 Å². The molecule has 0 aromatic carbocycles. The van der Waals surface area contributed by atoms with Gasteiger partial charge in [-0.2, -0.15) is 9.90 Å². The topological polar surface area (TPSA) is 0 Å². The molecule has 4 rings (SSSR count). The molecule has 11 heavy (non-hydrogen) atoms. The summed E-state index contributed by atoms with van der Waals surface area (Å²) in [4.78, 5) is 0. The molecule has 0 saturated heterocycles. The zero-order chi connectivity index (χ0) is 6.55. The van der Waals surface area contributed by atoms with Crippen LogP contribution in [0, 0.1) is 23.7 Å². The summed E-state index contributed by atoms with van der Waals surface area (Å²) in [7, 11) is 0. The molecule has 0 radical (unpaired) electrons. The molecule has 4 aliphatic carbocycles. The number of rotatable bonds is 0. The molecule has 0 aromatic heterocycles. The molecule has 64 valence electrons. The van der Waals surface area contributed by atoms with Gasteiger partial charge in [0.05, 0.1) is 0 Å². The van der Waals surface area contributed by atoms with Crippen LogP contribution in [0.3, 0.4) is 0 Å². The van der Waals surface area contributed by atoms with Gasteiger partial charge in [0.2, 0.25) is 0 Å². The molecule has 0 nitrogen and oxygen atoms in total.